The first kappa shape index (κ1) is 15.9. The Bertz CT molecular complexity index is 398. The number of nitrogens with one attached hydrogen (secondary N) is 1. The Morgan fingerprint density at radius 3 is 2.55 bits per heavy atom. The van der Waals surface area contributed by atoms with E-state index in [0.717, 1.165) is 43.7 Å². The van der Waals surface area contributed by atoms with Crippen LogP contribution in [0.1, 0.15) is 37.3 Å². The molecule has 0 spiro atoms. The molecule has 0 radical (unpaired) electrons. The largest absolute Gasteiger partial charge is 0.389 e. The summed E-state index contributed by atoms with van der Waals surface area (Å²) in [7, 11) is 0. The highest BCUT2D eigenvalue weighted by molar-refractivity contribution is 7.99. The van der Waals surface area contributed by atoms with Gasteiger partial charge in [-0.1, -0.05) is 29.8 Å². The van der Waals surface area contributed by atoms with E-state index in [0.29, 0.717) is 6.04 Å². The van der Waals surface area contributed by atoms with Crippen LogP contribution >= 0.6 is 11.8 Å². The van der Waals surface area contributed by atoms with Gasteiger partial charge in [0.2, 0.25) is 0 Å². The zero-order valence-electron chi connectivity index (χ0n) is 12.7. The van der Waals surface area contributed by atoms with E-state index in [1.807, 2.05) is 11.8 Å². The molecular formula is C17H27NOS. The van der Waals surface area contributed by atoms with Crippen molar-refractivity contribution in [1.82, 2.24) is 5.32 Å². The van der Waals surface area contributed by atoms with E-state index in [-0.39, 0.29) is 0 Å². The minimum atomic E-state index is -0.469. The van der Waals surface area contributed by atoms with Crippen LogP contribution in [-0.4, -0.2) is 34.8 Å². The molecule has 1 aliphatic heterocycles. The van der Waals surface area contributed by atoms with Gasteiger partial charge in [-0.2, -0.15) is 11.8 Å². The van der Waals surface area contributed by atoms with Gasteiger partial charge >= 0.3 is 0 Å². The van der Waals surface area contributed by atoms with Crippen LogP contribution in [-0.2, 0) is 6.42 Å². The zero-order valence-corrected chi connectivity index (χ0v) is 13.5. The summed E-state index contributed by atoms with van der Waals surface area (Å²) >= 11 is 1.95. The summed E-state index contributed by atoms with van der Waals surface area (Å²) in [5, 5.41) is 14.0. The number of aliphatic hydroxyl groups is 1. The van der Waals surface area contributed by atoms with Crippen LogP contribution in [0.25, 0.3) is 0 Å². The van der Waals surface area contributed by atoms with Gasteiger partial charge in [-0.05, 0) is 56.6 Å². The Kier molecular flexibility index (Phi) is 5.94. The lowest BCUT2D eigenvalue weighted by Crippen LogP contribution is -2.46. The molecule has 1 aliphatic rings. The lowest BCUT2D eigenvalue weighted by Gasteiger charge is -2.33. The minimum Gasteiger partial charge on any atom is -0.389 e. The van der Waals surface area contributed by atoms with Crippen molar-refractivity contribution in [3.05, 3.63) is 35.4 Å². The van der Waals surface area contributed by atoms with Crippen LogP contribution in [0.4, 0.5) is 0 Å². The summed E-state index contributed by atoms with van der Waals surface area (Å²) < 4.78 is 0. The topological polar surface area (TPSA) is 32.3 Å². The third kappa shape index (κ3) is 5.12. The van der Waals surface area contributed by atoms with Crippen molar-refractivity contribution < 1.29 is 5.11 Å². The molecule has 20 heavy (non-hydrogen) atoms. The highest BCUT2D eigenvalue weighted by Gasteiger charge is 2.29. The number of hydrogen-bond donors (Lipinski definition) is 2. The molecule has 1 heterocycles. The van der Waals surface area contributed by atoms with Crippen molar-refractivity contribution in [2.75, 3.05) is 18.1 Å². The van der Waals surface area contributed by atoms with E-state index in [9.17, 15) is 5.11 Å². The van der Waals surface area contributed by atoms with E-state index in [1.165, 1.54) is 11.1 Å². The van der Waals surface area contributed by atoms with Crippen LogP contribution in [0.2, 0.25) is 0 Å². The van der Waals surface area contributed by atoms with Gasteiger partial charge < -0.3 is 10.4 Å². The van der Waals surface area contributed by atoms with Gasteiger partial charge in [0.05, 0.1) is 5.60 Å². The molecule has 2 N–H and O–H groups in total. The van der Waals surface area contributed by atoms with E-state index in [4.69, 9.17) is 0 Å². The second-order valence-corrected chi connectivity index (χ2v) is 7.37. The second kappa shape index (κ2) is 7.48. The zero-order chi connectivity index (χ0) is 14.4. The lowest BCUT2D eigenvalue weighted by molar-refractivity contribution is 0.0298. The van der Waals surface area contributed by atoms with Crippen molar-refractivity contribution in [3.8, 4) is 0 Å². The fraction of sp³-hybridized carbons (Fsp3) is 0.647. The molecule has 0 aromatic heterocycles. The molecule has 2 nitrogen and oxygen atoms in total. The summed E-state index contributed by atoms with van der Waals surface area (Å²) in [6, 6.07) is 9.24. The van der Waals surface area contributed by atoms with Gasteiger partial charge in [0.1, 0.15) is 0 Å². The normalized spacial score (nSPS) is 19.8. The summed E-state index contributed by atoms with van der Waals surface area (Å²) in [5.74, 6) is 2.19. The molecule has 0 saturated carbocycles. The standard InChI is InChI=1S/C17H27NOS/c1-14-3-6-16(7-4-14)8-5-15(2)18-13-17(19)9-11-20-12-10-17/h3-4,6-7,15,18-19H,5,8-13H2,1-2H3. The first-order valence-corrected chi connectivity index (χ1v) is 8.82. The van der Waals surface area contributed by atoms with Gasteiger partial charge in [0, 0.05) is 12.6 Å². The second-order valence-electron chi connectivity index (χ2n) is 6.14. The number of hydrogen-bond acceptors (Lipinski definition) is 3. The van der Waals surface area contributed by atoms with Crippen molar-refractivity contribution >= 4 is 11.8 Å². The number of thioether (sulfide) groups is 1. The van der Waals surface area contributed by atoms with Crippen molar-refractivity contribution in [3.63, 3.8) is 0 Å². The average molecular weight is 293 g/mol. The fourth-order valence-electron chi connectivity index (χ4n) is 2.53. The molecule has 0 aliphatic carbocycles. The average Bonchev–Trinajstić information content (AvgIpc) is 2.45. The third-order valence-electron chi connectivity index (χ3n) is 4.19. The van der Waals surface area contributed by atoms with Crippen molar-refractivity contribution in [2.24, 2.45) is 0 Å². The smallest absolute Gasteiger partial charge is 0.0787 e. The summed E-state index contributed by atoms with van der Waals surface area (Å²) in [6.07, 6.45) is 4.07. The van der Waals surface area contributed by atoms with Crippen LogP contribution in [0.3, 0.4) is 0 Å². The minimum absolute atomic E-state index is 0.454. The first-order valence-electron chi connectivity index (χ1n) is 7.66. The van der Waals surface area contributed by atoms with Gasteiger partial charge in [0.15, 0.2) is 0 Å². The number of rotatable bonds is 6. The van der Waals surface area contributed by atoms with Crippen molar-refractivity contribution in [1.29, 1.82) is 0 Å². The van der Waals surface area contributed by atoms with Crippen LogP contribution in [0.5, 0.6) is 0 Å². The predicted octanol–water partition coefficient (Wildman–Crippen LogP) is 3.16. The third-order valence-corrected chi connectivity index (χ3v) is 5.18. The van der Waals surface area contributed by atoms with Gasteiger partial charge in [0.25, 0.3) is 0 Å². The molecule has 2 rings (SSSR count). The van der Waals surface area contributed by atoms with E-state index < -0.39 is 5.60 Å². The van der Waals surface area contributed by atoms with Crippen molar-refractivity contribution in [2.45, 2.75) is 51.2 Å². The Morgan fingerprint density at radius 2 is 1.90 bits per heavy atom. The van der Waals surface area contributed by atoms with E-state index in [1.54, 1.807) is 0 Å². The number of benzene rings is 1. The quantitative estimate of drug-likeness (QED) is 0.845. The molecule has 1 aromatic rings. The lowest BCUT2D eigenvalue weighted by atomic mass is 9.96. The summed E-state index contributed by atoms with van der Waals surface area (Å²) in [6.45, 7) is 5.08. The SMILES string of the molecule is Cc1ccc(CCC(C)NCC2(O)CCSCC2)cc1. The molecule has 0 amide bonds. The Hall–Kier alpha value is -0.510. The molecule has 1 fully saturated rings. The maximum atomic E-state index is 10.5. The van der Waals surface area contributed by atoms with Gasteiger partial charge in [-0.25, -0.2) is 0 Å². The molecule has 112 valence electrons. The molecular weight excluding hydrogens is 266 g/mol. The van der Waals surface area contributed by atoms with Gasteiger partial charge in [-0.15, -0.1) is 0 Å². The molecule has 1 atom stereocenters. The summed E-state index contributed by atoms with van der Waals surface area (Å²) in [4.78, 5) is 0. The Balaban J connectivity index is 1.69. The molecule has 3 heteroatoms. The molecule has 1 saturated heterocycles. The molecule has 1 aromatic carbocycles. The maximum absolute atomic E-state index is 10.5. The van der Waals surface area contributed by atoms with E-state index in [2.05, 4.69) is 43.4 Å². The molecule has 1 unspecified atom stereocenters. The number of aryl methyl sites for hydroxylation is 2. The molecule has 0 bridgehead atoms. The maximum Gasteiger partial charge on any atom is 0.0787 e. The van der Waals surface area contributed by atoms with Crippen LogP contribution < -0.4 is 5.32 Å². The van der Waals surface area contributed by atoms with E-state index >= 15 is 0 Å². The van der Waals surface area contributed by atoms with Crippen LogP contribution in [0.15, 0.2) is 24.3 Å². The Labute approximate surface area is 127 Å². The first-order chi connectivity index (χ1) is 9.57. The van der Waals surface area contributed by atoms with Gasteiger partial charge in [-0.3, -0.25) is 0 Å². The fourth-order valence-corrected chi connectivity index (χ4v) is 3.79. The van der Waals surface area contributed by atoms with Crippen LogP contribution in [0, 0.1) is 6.92 Å². The highest BCUT2D eigenvalue weighted by atomic mass is 32.2. The highest BCUT2D eigenvalue weighted by Crippen LogP contribution is 2.26. The predicted molar refractivity (Wildman–Crippen MR) is 88.5 cm³/mol. The monoisotopic (exact) mass is 293 g/mol. The Morgan fingerprint density at radius 1 is 1.25 bits per heavy atom. The summed E-state index contributed by atoms with van der Waals surface area (Å²) in [5.41, 5.74) is 2.25.